The Kier molecular flexibility index (Phi) is 4.36. The monoisotopic (exact) mass is 298 g/mol. The van der Waals surface area contributed by atoms with Gasteiger partial charge in [0.1, 0.15) is 12.3 Å². The van der Waals surface area contributed by atoms with Gasteiger partial charge in [-0.2, -0.15) is 0 Å². The molecular formula is C12H14N2O7. The van der Waals surface area contributed by atoms with Gasteiger partial charge in [0.2, 0.25) is 0 Å². The van der Waals surface area contributed by atoms with E-state index >= 15 is 0 Å². The van der Waals surface area contributed by atoms with Crippen LogP contribution in [0, 0.1) is 0 Å². The third-order valence-corrected chi connectivity index (χ3v) is 3.10. The SMILES string of the molecule is O=C(O)C=Cc1cn([C@H]2CC(O)[C@@H](CO)O2)c(=O)[nH]c1=O. The smallest absolute Gasteiger partial charge is 0.330 e. The summed E-state index contributed by atoms with van der Waals surface area (Å²) in [6.07, 6.45) is 0.436. The van der Waals surface area contributed by atoms with Crippen LogP contribution in [0.3, 0.4) is 0 Å². The Labute approximate surface area is 117 Å². The van der Waals surface area contributed by atoms with E-state index in [1.54, 1.807) is 0 Å². The number of aliphatic hydroxyl groups is 2. The maximum absolute atomic E-state index is 11.8. The van der Waals surface area contributed by atoms with Crippen molar-refractivity contribution in [2.24, 2.45) is 0 Å². The molecule has 2 heterocycles. The van der Waals surface area contributed by atoms with E-state index in [0.717, 1.165) is 22.9 Å². The average Bonchev–Trinajstić information content (AvgIpc) is 2.78. The minimum absolute atomic E-state index is 0.0393. The Balaban J connectivity index is 2.37. The summed E-state index contributed by atoms with van der Waals surface area (Å²) in [7, 11) is 0. The third-order valence-electron chi connectivity index (χ3n) is 3.10. The molecule has 0 radical (unpaired) electrons. The van der Waals surface area contributed by atoms with Gasteiger partial charge in [0.05, 0.1) is 18.3 Å². The highest BCUT2D eigenvalue weighted by molar-refractivity contribution is 5.85. The molecule has 21 heavy (non-hydrogen) atoms. The van der Waals surface area contributed by atoms with Gasteiger partial charge in [-0.3, -0.25) is 14.3 Å². The number of aliphatic hydroxyl groups excluding tert-OH is 2. The minimum Gasteiger partial charge on any atom is -0.478 e. The van der Waals surface area contributed by atoms with Gasteiger partial charge in [-0.05, 0) is 6.08 Å². The highest BCUT2D eigenvalue weighted by Crippen LogP contribution is 2.27. The van der Waals surface area contributed by atoms with Crippen molar-refractivity contribution in [2.75, 3.05) is 6.61 Å². The Morgan fingerprint density at radius 1 is 1.52 bits per heavy atom. The third kappa shape index (κ3) is 3.27. The molecule has 2 rings (SSSR count). The molecule has 0 spiro atoms. The highest BCUT2D eigenvalue weighted by Gasteiger charge is 2.35. The standard InChI is InChI=1S/C12H14N2O7/c15-5-8-7(16)3-9(21-8)14-4-6(1-2-10(17)18)11(19)13-12(14)20/h1-2,4,7-9,15-16H,3,5H2,(H,17,18)(H,13,19,20)/t7?,8-,9-/m1/s1. The van der Waals surface area contributed by atoms with Crippen LogP contribution in [0.2, 0.25) is 0 Å². The summed E-state index contributed by atoms with van der Waals surface area (Å²) < 4.78 is 6.35. The number of rotatable bonds is 4. The first-order chi connectivity index (χ1) is 9.92. The zero-order chi connectivity index (χ0) is 15.6. The van der Waals surface area contributed by atoms with Crippen molar-refractivity contribution in [1.29, 1.82) is 0 Å². The summed E-state index contributed by atoms with van der Waals surface area (Å²) in [6.45, 7) is -0.401. The molecule has 0 amide bonds. The lowest BCUT2D eigenvalue weighted by Gasteiger charge is -2.14. The number of hydrogen-bond acceptors (Lipinski definition) is 6. The van der Waals surface area contributed by atoms with Crippen molar-refractivity contribution < 1.29 is 24.9 Å². The number of ether oxygens (including phenoxy) is 1. The number of aliphatic carboxylic acids is 1. The summed E-state index contributed by atoms with van der Waals surface area (Å²) in [6, 6.07) is 0. The second-order valence-electron chi connectivity index (χ2n) is 4.54. The van der Waals surface area contributed by atoms with Crippen molar-refractivity contribution in [3.8, 4) is 0 Å². The molecule has 4 N–H and O–H groups in total. The number of carboxylic acids is 1. The molecule has 9 heteroatoms. The molecule has 114 valence electrons. The number of aromatic nitrogens is 2. The van der Waals surface area contributed by atoms with Crippen molar-refractivity contribution in [3.63, 3.8) is 0 Å². The van der Waals surface area contributed by atoms with Crippen LogP contribution in [0.4, 0.5) is 0 Å². The molecule has 0 saturated carbocycles. The van der Waals surface area contributed by atoms with Crippen molar-refractivity contribution in [3.05, 3.63) is 38.7 Å². The Bertz CT molecular complexity index is 675. The first kappa shape index (κ1) is 15.2. The van der Waals surface area contributed by atoms with E-state index in [4.69, 9.17) is 14.9 Å². The number of nitrogens with one attached hydrogen (secondary N) is 1. The Morgan fingerprint density at radius 3 is 2.81 bits per heavy atom. The van der Waals surface area contributed by atoms with Gasteiger partial charge in [-0.25, -0.2) is 9.59 Å². The molecule has 1 aliphatic rings. The fourth-order valence-corrected chi connectivity index (χ4v) is 2.04. The first-order valence-electron chi connectivity index (χ1n) is 6.13. The van der Waals surface area contributed by atoms with E-state index < -0.39 is 42.3 Å². The molecule has 1 unspecified atom stereocenters. The summed E-state index contributed by atoms with van der Waals surface area (Å²) in [5, 5.41) is 27.2. The molecular weight excluding hydrogens is 284 g/mol. The predicted octanol–water partition coefficient (Wildman–Crippen LogP) is -1.72. The number of hydrogen-bond donors (Lipinski definition) is 4. The molecule has 0 bridgehead atoms. The summed E-state index contributed by atoms with van der Waals surface area (Å²) in [5.74, 6) is -1.24. The van der Waals surface area contributed by atoms with E-state index in [2.05, 4.69) is 0 Å². The summed E-state index contributed by atoms with van der Waals surface area (Å²) >= 11 is 0. The van der Waals surface area contributed by atoms with Gasteiger partial charge in [-0.15, -0.1) is 0 Å². The van der Waals surface area contributed by atoms with Crippen LogP contribution < -0.4 is 11.2 Å². The van der Waals surface area contributed by atoms with Crippen molar-refractivity contribution >= 4 is 12.0 Å². The maximum Gasteiger partial charge on any atom is 0.330 e. The number of aromatic amines is 1. The topological polar surface area (TPSA) is 142 Å². The van der Waals surface area contributed by atoms with Gasteiger partial charge >= 0.3 is 11.7 Å². The average molecular weight is 298 g/mol. The normalized spacial score (nSPS) is 25.5. The predicted molar refractivity (Wildman–Crippen MR) is 69.6 cm³/mol. The second-order valence-corrected chi connectivity index (χ2v) is 4.54. The van der Waals surface area contributed by atoms with Crippen LogP contribution in [-0.4, -0.2) is 49.7 Å². The summed E-state index contributed by atoms with van der Waals surface area (Å²) in [4.78, 5) is 35.8. The van der Waals surface area contributed by atoms with E-state index in [1.807, 2.05) is 4.98 Å². The molecule has 1 aromatic heterocycles. The fraction of sp³-hybridized carbons (Fsp3) is 0.417. The Morgan fingerprint density at radius 2 is 2.24 bits per heavy atom. The second kappa shape index (κ2) is 6.04. The van der Waals surface area contributed by atoms with E-state index in [9.17, 15) is 19.5 Å². The van der Waals surface area contributed by atoms with Crippen LogP contribution >= 0.6 is 0 Å². The zero-order valence-electron chi connectivity index (χ0n) is 10.8. The minimum atomic E-state index is -1.24. The lowest BCUT2D eigenvalue weighted by molar-refractivity contribution is -0.131. The number of H-pyrrole nitrogens is 1. The number of nitrogens with zero attached hydrogens (tertiary/aromatic N) is 1. The molecule has 0 aromatic carbocycles. The molecule has 1 aliphatic heterocycles. The van der Waals surface area contributed by atoms with Gasteiger partial charge in [0.15, 0.2) is 0 Å². The van der Waals surface area contributed by atoms with Gasteiger partial charge < -0.3 is 20.1 Å². The van der Waals surface area contributed by atoms with Crippen molar-refractivity contribution in [2.45, 2.75) is 24.9 Å². The maximum atomic E-state index is 11.8. The number of carboxylic acid groups (broad SMARTS) is 1. The van der Waals surface area contributed by atoms with Crippen LogP contribution in [0.5, 0.6) is 0 Å². The molecule has 1 aromatic rings. The molecule has 9 nitrogen and oxygen atoms in total. The molecule has 3 atom stereocenters. The first-order valence-corrected chi connectivity index (χ1v) is 6.13. The van der Waals surface area contributed by atoms with Crippen LogP contribution in [-0.2, 0) is 9.53 Å². The van der Waals surface area contributed by atoms with Crippen LogP contribution in [0.15, 0.2) is 21.9 Å². The largest absolute Gasteiger partial charge is 0.478 e. The van der Waals surface area contributed by atoms with E-state index in [0.29, 0.717) is 0 Å². The van der Waals surface area contributed by atoms with Crippen LogP contribution in [0.1, 0.15) is 18.2 Å². The molecule has 1 saturated heterocycles. The molecule has 0 aliphatic carbocycles. The quantitative estimate of drug-likeness (QED) is 0.484. The lowest BCUT2D eigenvalue weighted by atomic mass is 10.2. The highest BCUT2D eigenvalue weighted by atomic mass is 16.5. The van der Waals surface area contributed by atoms with Gasteiger partial charge in [-0.1, -0.05) is 0 Å². The van der Waals surface area contributed by atoms with E-state index in [-0.39, 0.29) is 12.0 Å². The molecule has 1 fully saturated rings. The van der Waals surface area contributed by atoms with Crippen LogP contribution in [0.25, 0.3) is 6.08 Å². The fourth-order valence-electron chi connectivity index (χ4n) is 2.04. The Hall–Kier alpha value is -2.23. The van der Waals surface area contributed by atoms with Gasteiger partial charge in [0, 0.05) is 18.7 Å². The zero-order valence-corrected chi connectivity index (χ0v) is 10.8. The number of carbonyl (C=O) groups is 1. The van der Waals surface area contributed by atoms with Gasteiger partial charge in [0.25, 0.3) is 5.56 Å². The van der Waals surface area contributed by atoms with E-state index in [1.165, 1.54) is 0 Å². The lowest BCUT2D eigenvalue weighted by Crippen LogP contribution is -2.33. The van der Waals surface area contributed by atoms with Crippen molar-refractivity contribution in [1.82, 2.24) is 9.55 Å². The summed E-state index contributed by atoms with van der Waals surface area (Å²) in [5.41, 5.74) is -1.52.